The second-order valence-electron chi connectivity index (χ2n) is 5.64. The Kier molecular flexibility index (Phi) is 3.80. The Bertz CT molecular complexity index is 454. The van der Waals surface area contributed by atoms with E-state index < -0.39 is 5.91 Å². The maximum Gasteiger partial charge on any atom is 0.248 e. The second-order valence-corrected chi connectivity index (χ2v) is 5.64. The van der Waals surface area contributed by atoms with Crippen molar-refractivity contribution in [3.8, 4) is 0 Å². The van der Waals surface area contributed by atoms with Gasteiger partial charge < -0.3 is 15.8 Å². The topological polar surface area (TPSA) is 64.3 Å². The van der Waals surface area contributed by atoms with E-state index in [0.29, 0.717) is 17.7 Å². The number of hydrogen-bond acceptors (Lipinski definition) is 3. The first-order chi connectivity index (χ1) is 8.95. The number of nitrogens with two attached hydrogens (primary N) is 1. The van der Waals surface area contributed by atoms with Crippen LogP contribution in [0.5, 0.6) is 0 Å². The Labute approximate surface area is 114 Å². The largest absolute Gasteiger partial charge is 0.382 e. The average molecular weight is 262 g/mol. The van der Waals surface area contributed by atoms with Crippen molar-refractivity contribution in [2.24, 2.45) is 11.1 Å². The van der Waals surface area contributed by atoms with E-state index in [0.717, 1.165) is 18.7 Å². The lowest BCUT2D eigenvalue weighted by Gasteiger charge is -2.52. The summed E-state index contributed by atoms with van der Waals surface area (Å²) in [6, 6.07) is 7.67. The Morgan fingerprint density at radius 1 is 1.42 bits per heavy atom. The maximum atomic E-state index is 11.0. The van der Waals surface area contributed by atoms with Crippen molar-refractivity contribution in [2.75, 3.05) is 11.9 Å². The number of ether oxygens (including phenoxy) is 1. The highest BCUT2D eigenvalue weighted by molar-refractivity contribution is 5.93. The van der Waals surface area contributed by atoms with Gasteiger partial charge in [-0.15, -0.1) is 0 Å². The molecule has 3 N–H and O–H groups in total. The standard InChI is InChI=1S/C15H22N2O2/c1-4-19-13-9-12(15(13,2)3)17-11-7-5-10(6-8-11)14(16)18/h5-8,12-13,17H,4,9H2,1-3H3,(H2,16,18). The molecule has 0 aromatic heterocycles. The fourth-order valence-electron chi connectivity index (χ4n) is 2.55. The Hall–Kier alpha value is -1.55. The molecule has 1 aliphatic carbocycles. The van der Waals surface area contributed by atoms with Crippen molar-refractivity contribution in [1.82, 2.24) is 0 Å². The number of nitrogens with one attached hydrogen (secondary N) is 1. The average Bonchev–Trinajstić information content (AvgIpc) is 2.38. The van der Waals surface area contributed by atoms with Crippen LogP contribution >= 0.6 is 0 Å². The number of primary amides is 1. The zero-order valence-corrected chi connectivity index (χ0v) is 11.8. The summed E-state index contributed by atoms with van der Waals surface area (Å²) in [6.45, 7) is 7.21. The van der Waals surface area contributed by atoms with Gasteiger partial charge in [-0.25, -0.2) is 0 Å². The van der Waals surface area contributed by atoms with Crippen molar-refractivity contribution in [3.63, 3.8) is 0 Å². The van der Waals surface area contributed by atoms with Crippen LogP contribution < -0.4 is 11.1 Å². The van der Waals surface area contributed by atoms with Crippen molar-refractivity contribution in [3.05, 3.63) is 29.8 Å². The molecule has 2 atom stereocenters. The summed E-state index contributed by atoms with van der Waals surface area (Å²) in [5.41, 5.74) is 6.89. The van der Waals surface area contributed by atoms with Crippen molar-refractivity contribution >= 4 is 11.6 Å². The van der Waals surface area contributed by atoms with Crippen LogP contribution in [-0.2, 0) is 4.74 Å². The van der Waals surface area contributed by atoms with Gasteiger partial charge in [-0.1, -0.05) is 13.8 Å². The first-order valence-corrected chi connectivity index (χ1v) is 6.73. The number of hydrogen-bond donors (Lipinski definition) is 2. The summed E-state index contributed by atoms with van der Waals surface area (Å²) in [6.07, 6.45) is 1.33. The first kappa shape index (κ1) is 13.9. The molecule has 19 heavy (non-hydrogen) atoms. The Morgan fingerprint density at radius 2 is 2.05 bits per heavy atom. The fraction of sp³-hybridized carbons (Fsp3) is 0.533. The molecule has 0 saturated heterocycles. The molecule has 2 rings (SSSR count). The van der Waals surface area contributed by atoms with E-state index >= 15 is 0 Å². The monoisotopic (exact) mass is 262 g/mol. The SMILES string of the molecule is CCOC1CC(Nc2ccc(C(N)=O)cc2)C1(C)C. The molecular weight excluding hydrogens is 240 g/mol. The van der Waals surface area contributed by atoms with Gasteiger partial charge in [0.05, 0.1) is 6.10 Å². The zero-order chi connectivity index (χ0) is 14.0. The van der Waals surface area contributed by atoms with Crippen LogP contribution in [-0.4, -0.2) is 24.7 Å². The molecule has 0 heterocycles. The molecule has 4 nitrogen and oxygen atoms in total. The second kappa shape index (κ2) is 5.21. The van der Waals surface area contributed by atoms with E-state index in [1.807, 2.05) is 19.1 Å². The normalized spacial score (nSPS) is 24.6. The summed E-state index contributed by atoms with van der Waals surface area (Å²) in [7, 11) is 0. The molecule has 1 amide bonds. The van der Waals surface area contributed by atoms with E-state index in [1.54, 1.807) is 12.1 Å². The van der Waals surface area contributed by atoms with Crippen LogP contribution in [0.2, 0.25) is 0 Å². The number of carbonyl (C=O) groups is 1. The van der Waals surface area contributed by atoms with Gasteiger partial charge in [-0.2, -0.15) is 0 Å². The molecule has 0 spiro atoms. The minimum Gasteiger partial charge on any atom is -0.382 e. The quantitative estimate of drug-likeness (QED) is 0.856. The lowest BCUT2D eigenvalue weighted by Crippen LogP contribution is -2.58. The fourth-order valence-corrected chi connectivity index (χ4v) is 2.55. The molecule has 1 aliphatic rings. The van der Waals surface area contributed by atoms with E-state index in [-0.39, 0.29) is 5.41 Å². The van der Waals surface area contributed by atoms with Crippen molar-refractivity contribution in [1.29, 1.82) is 0 Å². The van der Waals surface area contributed by atoms with Gasteiger partial charge in [0.25, 0.3) is 0 Å². The van der Waals surface area contributed by atoms with Crippen LogP contribution in [0.15, 0.2) is 24.3 Å². The summed E-state index contributed by atoms with van der Waals surface area (Å²) in [5, 5.41) is 3.49. The van der Waals surface area contributed by atoms with Crippen LogP contribution in [0.3, 0.4) is 0 Å². The summed E-state index contributed by atoms with van der Waals surface area (Å²) < 4.78 is 5.71. The minimum atomic E-state index is -0.396. The van der Waals surface area contributed by atoms with Crippen molar-refractivity contribution < 1.29 is 9.53 Å². The molecular formula is C15H22N2O2. The van der Waals surface area contributed by atoms with Gasteiger partial charge >= 0.3 is 0 Å². The lowest BCUT2D eigenvalue weighted by atomic mass is 9.64. The molecule has 4 heteroatoms. The smallest absolute Gasteiger partial charge is 0.248 e. The molecule has 104 valence electrons. The Morgan fingerprint density at radius 3 is 2.53 bits per heavy atom. The summed E-state index contributed by atoms with van der Waals surface area (Å²) in [4.78, 5) is 11.0. The summed E-state index contributed by atoms with van der Waals surface area (Å²) in [5.74, 6) is -0.396. The highest BCUT2D eigenvalue weighted by atomic mass is 16.5. The predicted octanol–water partition coefficient (Wildman–Crippen LogP) is 2.40. The number of anilines is 1. The molecule has 1 aromatic rings. The number of amides is 1. The summed E-state index contributed by atoms with van der Waals surface area (Å²) >= 11 is 0. The van der Waals surface area contributed by atoms with Crippen LogP contribution in [0.1, 0.15) is 37.6 Å². The van der Waals surface area contributed by atoms with Gasteiger partial charge in [0, 0.05) is 29.3 Å². The zero-order valence-electron chi connectivity index (χ0n) is 11.8. The number of benzene rings is 1. The van der Waals surface area contributed by atoms with E-state index in [9.17, 15) is 4.79 Å². The van der Waals surface area contributed by atoms with Crippen molar-refractivity contribution in [2.45, 2.75) is 39.3 Å². The third-order valence-electron chi connectivity index (χ3n) is 4.06. The van der Waals surface area contributed by atoms with E-state index in [4.69, 9.17) is 10.5 Å². The molecule has 0 bridgehead atoms. The van der Waals surface area contributed by atoms with Gasteiger partial charge in [0.2, 0.25) is 5.91 Å². The molecule has 0 radical (unpaired) electrons. The Balaban J connectivity index is 1.97. The minimum absolute atomic E-state index is 0.123. The van der Waals surface area contributed by atoms with Gasteiger partial charge in [0.15, 0.2) is 0 Å². The highest BCUT2D eigenvalue weighted by Gasteiger charge is 2.48. The van der Waals surface area contributed by atoms with Crippen LogP contribution in [0.25, 0.3) is 0 Å². The van der Waals surface area contributed by atoms with Gasteiger partial charge in [-0.3, -0.25) is 4.79 Å². The predicted molar refractivity (Wildman–Crippen MR) is 76.2 cm³/mol. The van der Waals surface area contributed by atoms with E-state index in [2.05, 4.69) is 19.2 Å². The third-order valence-corrected chi connectivity index (χ3v) is 4.06. The number of rotatable bonds is 5. The molecule has 2 unspecified atom stereocenters. The van der Waals surface area contributed by atoms with E-state index in [1.165, 1.54) is 0 Å². The number of carbonyl (C=O) groups excluding carboxylic acids is 1. The highest BCUT2D eigenvalue weighted by Crippen LogP contribution is 2.44. The molecule has 1 aromatic carbocycles. The first-order valence-electron chi connectivity index (χ1n) is 6.73. The maximum absolute atomic E-state index is 11.0. The van der Waals surface area contributed by atoms with Crippen LogP contribution in [0.4, 0.5) is 5.69 Å². The molecule has 1 fully saturated rings. The molecule has 1 saturated carbocycles. The van der Waals surface area contributed by atoms with Gasteiger partial charge in [0.1, 0.15) is 0 Å². The van der Waals surface area contributed by atoms with Crippen LogP contribution in [0, 0.1) is 5.41 Å². The molecule has 0 aliphatic heterocycles. The lowest BCUT2D eigenvalue weighted by molar-refractivity contribution is -0.0975. The third kappa shape index (κ3) is 2.73. The van der Waals surface area contributed by atoms with Gasteiger partial charge in [-0.05, 0) is 37.6 Å².